The minimum absolute atomic E-state index is 0.0265. The number of hydrogen-bond donors (Lipinski definition) is 3. The van der Waals surface area contributed by atoms with Gasteiger partial charge in [0.1, 0.15) is 12.1 Å². The predicted molar refractivity (Wildman–Crippen MR) is 87.8 cm³/mol. The number of aromatic nitrogens is 1. The fourth-order valence-corrected chi connectivity index (χ4v) is 3.93. The Morgan fingerprint density at radius 2 is 1.78 bits per heavy atom. The van der Waals surface area contributed by atoms with Crippen LogP contribution in [0.2, 0.25) is 0 Å². The maximum atomic E-state index is 12.4. The smallest absolute Gasteiger partial charge is 0.243 e. The number of piperazine rings is 1. The second-order valence-corrected chi connectivity index (χ2v) is 6.66. The van der Waals surface area contributed by atoms with Crippen molar-refractivity contribution in [1.29, 1.82) is 0 Å². The number of nitrogens with one attached hydrogen (secondary N) is 3. The highest BCUT2D eigenvalue weighted by Gasteiger charge is 2.39. The van der Waals surface area contributed by atoms with Crippen molar-refractivity contribution in [2.24, 2.45) is 5.92 Å². The van der Waals surface area contributed by atoms with Crippen LogP contribution in [0.4, 0.5) is 0 Å². The van der Waals surface area contributed by atoms with Gasteiger partial charge in [-0.2, -0.15) is 0 Å². The van der Waals surface area contributed by atoms with Crippen molar-refractivity contribution in [2.75, 3.05) is 0 Å². The molecular formula is C18H21N3O2. The highest BCUT2D eigenvalue weighted by atomic mass is 16.2. The summed E-state index contributed by atoms with van der Waals surface area (Å²) in [5.41, 5.74) is 2.11. The number of hydrogen-bond acceptors (Lipinski definition) is 2. The van der Waals surface area contributed by atoms with E-state index in [9.17, 15) is 9.59 Å². The fraction of sp³-hybridized carbons (Fsp3) is 0.444. The molecule has 0 radical (unpaired) electrons. The SMILES string of the molecule is O=C1N[C@H](Cc2c[nH]c3ccccc23)C(=O)NC1C1CCCC1. The number of fused-ring (bicyclic) bond motifs is 1. The summed E-state index contributed by atoms with van der Waals surface area (Å²) >= 11 is 0. The Balaban J connectivity index is 1.50. The second kappa shape index (κ2) is 5.72. The summed E-state index contributed by atoms with van der Waals surface area (Å²) in [6.07, 6.45) is 6.81. The van der Waals surface area contributed by atoms with Gasteiger partial charge in [-0.3, -0.25) is 9.59 Å². The normalized spacial score (nSPS) is 25.6. The molecule has 1 unspecified atom stereocenters. The molecule has 1 aromatic carbocycles. The van der Waals surface area contributed by atoms with Gasteiger partial charge in [-0.15, -0.1) is 0 Å². The summed E-state index contributed by atoms with van der Waals surface area (Å²) in [6.45, 7) is 0. The Morgan fingerprint density at radius 1 is 1.00 bits per heavy atom. The third kappa shape index (κ3) is 2.60. The molecule has 120 valence electrons. The van der Waals surface area contributed by atoms with Gasteiger partial charge < -0.3 is 15.6 Å². The van der Waals surface area contributed by atoms with Crippen LogP contribution >= 0.6 is 0 Å². The minimum Gasteiger partial charge on any atom is -0.361 e. The van der Waals surface area contributed by atoms with Gasteiger partial charge in [-0.25, -0.2) is 0 Å². The molecule has 5 nitrogen and oxygen atoms in total. The van der Waals surface area contributed by atoms with Crippen LogP contribution in [0.1, 0.15) is 31.2 Å². The van der Waals surface area contributed by atoms with Crippen molar-refractivity contribution in [1.82, 2.24) is 15.6 Å². The Morgan fingerprint density at radius 3 is 2.61 bits per heavy atom. The van der Waals surface area contributed by atoms with Gasteiger partial charge in [0.05, 0.1) is 0 Å². The number of carbonyl (C=O) groups is 2. The molecule has 0 bridgehead atoms. The molecule has 23 heavy (non-hydrogen) atoms. The van der Waals surface area contributed by atoms with Crippen LogP contribution in [0.15, 0.2) is 30.5 Å². The van der Waals surface area contributed by atoms with E-state index in [2.05, 4.69) is 15.6 Å². The topological polar surface area (TPSA) is 74.0 Å². The first-order chi connectivity index (χ1) is 11.2. The molecule has 2 atom stereocenters. The molecule has 2 aliphatic rings. The van der Waals surface area contributed by atoms with Crippen LogP contribution in [-0.2, 0) is 16.0 Å². The number of carbonyl (C=O) groups excluding carboxylic acids is 2. The molecule has 5 heteroatoms. The summed E-state index contributed by atoms with van der Waals surface area (Å²) in [5, 5.41) is 6.99. The zero-order chi connectivity index (χ0) is 15.8. The molecule has 3 N–H and O–H groups in total. The molecule has 0 spiro atoms. The lowest BCUT2D eigenvalue weighted by Gasteiger charge is -2.32. The van der Waals surface area contributed by atoms with Crippen molar-refractivity contribution >= 4 is 22.7 Å². The summed E-state index contributed by atoms with van der Waals surface area (Å²) in [7, 11) is 0. The number of H-pyrrole nitrogens is 1. The van der Waals surface area contributed by atoms with Crippen LogP contribution in [0.5, 0.6) is 0 Å². The van der Waals surface area contributed by atoms with Crippen LogP contribution < -0.4 is 10.6 Å². The minimum atomic E-state index is -0.487. The molecule has 4 rings (SSSR count). The van der Waals surface area contributed by atoms with Gasteiger partial charge in [-0.1, -0.05) is 31.0 Å². The molecule has 2 fully saturated rings. The van der Waals surface area contributed by atoms with E-state index in [0.29, 0.717) is 12.3 Å². The molecule has 1 aromatic heterocycles. The zero-order valence-corrected chi connectivity index (χ0v) is 13.0. The predicted octanol–water partition coefficient (Wildman–Crippen LogP) is 1.88. The molecule has 1 aliphatic heterocycles. The van der Waals surface area contributed by atoms with Crippen molar-refractivity contribution in [3.05, 3.63) is 36.0 Å². The van der Waals surface area contributed by atoms with E-state index in [4.69, 9.17) is 0 Å². The van der Waals surface area contributed by atoms with E-state index in [1.54, 1.807) is 0 Å². The maximum absolute atomic E-state index is 12.4. The van der Waals surface area contributed by atoms with Crippen LogP contribution in [0.25, 0.3) is 10.9 Å². The Bertz CT molecular complexity index is 746. The van der Waals surface area contributed by atoms with Gasteiger partial charge in [-0.05, 0) is 30.4 Å². The van der Waals surface area contributed by atoms with Gasteiger partial charge in [0.25, 0.3) is 0 Å². The number of benzene rings is 1. The molecular weight excluding hydrogens is 290 g/mol. The van der Waals surface area contributed by atoms with Crippen molar-refractivity contribution in [3.8, 4) is 0 Å². The van der Waals surface area contributed by atoms with Crippen LogP contribution in [0, 0.1) is 5.92 Å². The third-order valence-corrected chi connectivity index (χ3v) is 5.18. The first-order valence-corrected chi connectivity index (χ1v) is 8.38. The van der Waals surface area contributed by atoms with Crippen molar-refractivity contribution in [3.63, 3.8) is 0 Å². The summed E-state index contributed by atoms with van der Waals surface area (Å²) in [4.78, 5) is 28.0. The largest absolute Gasteiger partial charge is 0.361 e. The highest BCUT2D eigenvalue weighted by molar-refractivity contribution is 5.97. The lowest BCUT2D eigenvalue weighted by molar-refractivity contribution is -0.138. The van der Waals surface area contributed by atoms with Crippen molar-refractivity contribution < 1.29 is 9.59 Å². The molecule has 2 amide bonds. The van der Waals surface area contributed by atoms with Gasteiger partial charge in [0.15, 0.2) is 0 Å². The van der Waals surface area contributed by atoms with E-state index in [1.807, 2.05) is 30.5 Å². The quantitative estimate of drug-likeness (QED) is 0.810. The maximum Gasteiger partial charge on any atom is 0.243 e. The van der Waals surface area contributed by atoms with Crippen LogP contribution in [-0.4, -0.2) is 28.9 Å². The summed E-state index contributed by atoms with van der Waals surface area (Å²) < 4.78 is 0. The molecule has 1 saturated heterocycles. The molecule has 2 heterocycles. The Hall–Kier alpha value is -2.30. The van der Waals surface area contributed by atoms with Crippen LogP contribution in [0.3, 0.4) is 0 Å². The summed E-state index contributed by atoms with van der Waals surface area (Å²) in [6, 6.07) is 7.17. The zero-order valence-electron chi connectivity index (χ0n) is 13.0. The number of para-hydroxylation sites is 1. The summed E-state index contributed by atoms with van der Waals surface area (Å²) in [5.74, 6) is 0.209. The average Bonchev–Trinajstić information content (AvgIpc) is 3.21. The van der Waals surface area contributed by atoms with Gasteiger partial charge in [0.2, 0.25) is 11.8 Å². The van der Waals surface area contributed by atoms with Gasteiger partial charge >= 0.3 is 0 Å². The van der Waals surface area contributed by atoms with E-state index in [1.165, 1.54) is 0 Å². The number of rotatable bonds is 3. The van der Waals surface area contributed by atoms with E-state index in [-0.39, 0.29) is 17.9 Å². The highest BCUT2D eigenvalue weighted by Crippen LogP contribution is 2.29. The van der Waals surface area contributed by atoms with E-state index < -0.39 is 6.04 Å². The lowest BCUT2D eigenvalue weighted by Crippen LogP contribution is -2.64. The average molecular weight is 311 g/mol. The first-order valence-electron chi connectivity index (χ1n) is 8.38. The standard InChI is InChI=1S/C18H21N3O2/c22-17-15(9-12-10-19-14-8-4-3-7-13(12)14)20-18(23)16(21-17)11-5-1-2-6-11/h3-4,7-8,10-11,15-16,19H,1-2,5-6,9H2,(H,20,23)(H,21,22)/t15-,16?/m1/s1. The molecule has 1 aliphatic carbocycles. The Labute approximate surface area is 134 Å². The van der Waals surface area contributed by atoms with E-state index in [0.717, 1.165) is 42.1 Å². The van der Waals surface area contributed by atoms with Crippen molar-refractivity contribution in [2.45, 2.75) is 44.2 Å². The molecule has 1 saturated carbocycles. The number of amides is 2. The monoisotopic (exact) mass is 311 g/mol. The van der Waals surface area contributed by atoms with Gasteiger partial charge in [0, 0.05) is 23.5 Å². The van der Waals surface area contributed by atoms with E-state index >= 15 is 0 Å². The first kappa shape index (κ1) is 14.3. The number of aromatic amines is 1. The second-order valence-electron chi connectivity index (χ2n) is 6.66. The Kier molecular flexibility index (Phi) is 3.56. The lowest BCUT2D eigenvalue weighted by atomic mass is 9.93. The fourth-order valence-electron chi connectivity index (χ4n) is 3.93. The molecule has 2 aromatic rings. The third-order valence-electron chi connectivity index (χ3n) is 5.18.